The van der Waals surface area contributed by atoms with E-state index in [1.807, 2.05) is 30.3 Å². The molecule has 2 N–H and O–H groups in total. The van der Waals surface area contributed by atoms with Crippen molar-refractivity contribution >= 4 is 11.6 Å². The van der Waals surface area contributed by atoms with Crippen molar-refractivity contribution < 1.29 is 9.59 Å². The van der Waals surface area contributed by atoms with Crippen LogP contribution in [-0.2, 0) is 16.0 Å². The van der Waals surface area contributed by atoms with Crippen LogP contribution < -0.4 is 5.84 Å². The van der Waals surface area contributed by atoms with Crippen molar-refractivity contribution in [2.24, 2.45) is 23.6 Å². The number of hydrazine groups is 1. The average molecular weight is 443 g/mol. The number of nitrogens with zero attached hydrogens (tertiary/aromatic N) is 1. The zero-order valence-electron chi connectivity index (χ0n) is 21.1. The molecular formula is C28H46N2O2. The fraction of sp³-hybridized carbons (Fsp3) is 0.643. The van der Waals surface area contributed by atoms with Gasteiger partial charge in [0.05, 0.1) is 6.54 Å². The highest BCUT2D eigenvalue weighted by Gasteiger charge is 2.22. The van der Waals surface area contributed by atoms with Crippen LogP contribution in [0.3, 0.4) is 0 Å². The van der Waals surface area contributed by atoms with Gasteiger partial charge in [0.1, 0.15) is 11.6 Å². The molecule has 0 bridgehead atoms. The topological polar surface area (TPSA) is 63.4 Å². The molecule has 0 saturated heterocycles. The summed E-state index contributed by atoms with van der Waals surface area (Å²) >= 11 is 0. The first-order chi connectivity index (χ1) is 15.2. The van der Waals surface area contributed by atoms with Gasteiger partial charge in [-0.15, -0.1) is 0 Å². The molecule has 32 heavy (non-hydrogen) atoms. The maximum absolute atomic E-state index is 11.4. The number of Topliss-reactive ketones (excluding diaryl/α,β-unsaturated/α-hetero) is 2. The van der Waals surface area contributed by atoms with Crippen LogP contribution >= 0.6 is 0 Å². The smallest absolute Gasteiger partial charge is 0.148 e. The maximum Gasteiger partial charge on any atom is 0.148 e. The predicted octanol–water partition coefficient (Wildman–Crippen LogP) is 6.15. The number of ketones is 2. The molecule has 3 atom stereocenters. The van der Waals surface area contributed by atoms with Gasteiger partial charge >= 0.3 is 0 Å². The van der Waals surface area contributed by atoms with Gasteiger partial charge < -0.3 is 4.79 Å². The highest BCUT2D eigenvalue weighted by molar-refractivity contribution is 5.80. The lowest BCUT2D eigenvalue weighted by molar-refractivity contribution is -0.120. The second-order valence-corrected chi connectivity index (χ2v) is 9.76. The van der Waals surface area contributed by atoms with Crippen molar-refractivity contribution in [1.29, 1.82) is 0 Å². The summed E-state index contributed by atoms with van der Waals surface area (Å²) < 4.78 is 0. The molecule has 0 saturated carbocycles. The fourth-order valence-corrected chi connectivity index (χ4v) is 4.59. The molecule has 1 aromatic rings. The summed E-state index contributed by atoms with van der Waals surface area (Å²) in [7, 11) is 1.69. The molecule has 180 valence electrons. The zero-order valence-corrected chi connectivity index (χ0v) is 21.1. The van der Waals surface area contributed by atoms with E-state index < -0.39 is 0 Å². The monoisotopic (exact) mass is 442 g/mol. The molecule has 0 radical (unpaired) electrons. The molecule has 0 fully saturated rings. The Labute approximate surface area is 196 Å². The average Bonchev–Trinajstić information content (AvgIpc) is 2.74. The lowest BCUT2D eigenvalue weighted by Crippen LogP contribution is -2.31. The lowest BCUT2D eigenvalue weighted by atomic mass is 9.77. The predicted molar refractivity (Wildman–Crippen MR) is 135 cm³/mol. The van der Waals surface area contributed by atoms with Crippen LogP contribution in [-0.4, -0.2) is 30.2 Å². The molecule has 0 aromatic heterocycles. The summed E-state index contributed by atoms with van der Waals surface area (Å²) in [4.78, 5) is 22.7. The van der Waals surface area contributed by atoms with Gasteiger partial charge in [0.15, 0.2) is 0 Å². The minimum Gasteiger partial charge on any atom is -0.300 e. The Balaban J connectivity index is 0.000000330. The van der Waals surface area contributed by atoms with Gasteiger partial charge in [-0.3, -0.25) is 10.6 Å². The largest absolute Gasteiger partial charge is 0.300 e. The van der Waals surface area contributed by atoms with E-state index in [1.165, 1.54) is 54.7 Å². The van der Waals surface area contributed by atoms with E-state index in [-0.39, 0.29) is 5.78 Å². The van der Waals surface area contributed by atoms with Crippen LogP contribution in [0.25, 0.3) is 0 Å². The molecule has 0 aliphatic heterocycles. The highest BCUT2D eigenvalue weighted by Crippen LogP contribution is 2.32. The quantitative estimate of drug-likeness (QED) is 0.298. The van der Waals surface area contributed by atoms with Gasteiger partial charge in [0, 0.05) is 19.9 Å². The molecule has 1 aliphatic carbocycles. The van der Waals surface area contributed by atoms with E-state index in [1.54, 1.807) is 14.0 Å². The van der Waals surface area contributed by atoms with Crippen LogP contribution in [0.5, 0.6) is 0 Å². The second kappa shape index (κ2) is 15.9. The number of carbonyl (C=O) groups is 2. The van der Waals surface area contributed by atoms with E-state index >= 15 is 0 Å². The van der Waals surface area contributed by atoms with Crippen LogP contribution in [0, 0.1) is 17.8 Å². The summed E-state index contributed by atoms with van der Waals surface area (Å²) in [6.07, 6.45) is 12.0. The first kappa shape index (κ1) is 28.3. The Bertz CT molecular complexity index is 697. The molecule has 1 aliphatic rings. The van der Waals surface area contributed by atoms with E-state index in [2.05, 4.69) is 26.8 Å². The SMILES string of the molecule is CCC1CC(CC(C)=O)CC/C(C)=C/CCC1C.CN(N)CC(=O)CCc1ccccc1. The van der Waals surface area contributed by atoms with Crippen LogP contribution in [0.15, 0.2) is 42.0 Å². The van der Waals surface area contributed by atoms with Gasteiger partial charge in [0.25, 0.3) is 0 Å². The van der Waals surface area contributed by atoms with E-state index in [0.717, 1.165) is 24.7 Å². The van der Waals surface area contributed by atoms with E-state index in [9.17, 15) is 9.59 Å². The number of carbonyl (C=O) groups excluding carboxylic acids is 2. The number of rotatable bonds is 8. The van der Waals surface area contributed by atoms with Crippen molar-refractivity contribution in [2.75, 3.05) is 13.6 Å². The van der Waals surface area contributed by atoms with Crippen LogP contribution in [0.4, 0.5) is 0 Å². The Morgan fingerprint density at radius 1 is 1.16 bits per heavy atom. The summed E-state index contributed by atoms with van der Waals surface area (Å²) in [5.74, 6) is 8.13. The second-order valence-electron chi connectivity index (χ2n) is 9.76. The van der Waals surface area contributed by atoms with Crippen molar-refractivity contribution in [1.82, 2.24) is 5.01 Å². The van der Waals surface area contributed by atoms with Gasteiger partial charge in [-0.2, -0.15) is 0 Å². The number of benzene rings is 1. The van der Waals surface area contributed by atoms with Crippen molar-refractivity contribution in [2.45, 2.75) is 85.5 Å². The molecule has 0 heterocycles. The third-order valence-electron chi connectivity index (χ3n) is 6.56. The number of allylic oxidation sites excluding steroid dienone is 2. The highest BCUT2D eigenvalue weighted by atomic mass is 16.1. The lowest BCUT2D eigenvalue weighted by Gasteiger charge is -2.28. The Morgan fingerprint density at radius 2 is 1.84 bits per heavy atom. The molecule has 4 heteroatoms. The van der Waals surface area contributed by atoms with Gasteiger partial charge in [-0.25, -0.2) is 5.01 Å². The first-order valence-electron chi connectivity index (χ1n) is 12.4. The van der Waals surface area contributed by atoms with Crippen LogP contribution in [0.2, 0.25) is 0 Å². The number of aryl methyl sites for hydroxylation is 1. The Hall–Kier alpha value is -1.78. The number of nitrogens with two attached hydrogens (primary N) is 1. The molecule has 0 spiro atoms. The zero-order chi connectivity index (χ0) is 23.9. The van der Waals surface area contributed by atoms with E-state index in [4.69, 9.17) is 5.84 Å². The standard InChI is InChI=1S/C17H30O.C11H16N2O/c1-5-17-12-16(11-15(4)18)10-9-13(2)7-6-8-14(17)3;1-13(12)9-11(14)8-7-10-5-3-2-4-6-10/h7,14,16-17H,5-6,8-12H2,1-4H3;2-6H,7-9,12H2,1H3/b13-7+;. The third kappa shape index (κ3) is 12.9. The molecule has 4 nitrogen and oxygen atoms in total. The van der Waals surface area contributed by atoms with Crippen molar-refractivity contribution in [3.8, 4) is 0 Å². The minimum atomic E-state index is 0.179. The molecule has 3 unspecified atom stereocenters. The number of hydrogen-bond donors (Lipinski definition) is 1. The van der Waals surface area contributed by atoms with E-state index in [0.29, 0.717) is 24.7 Å². The van der Waals surface area contributed by atoms with Crippen molar-refractivity contribution in [3.05, 3.63) is 47.5 Å². The fourth-order valence-electron chi connectivity index (χ4n) is 4.59. The van der Waals surface area contributed by atoms with Gasteiger partial charge in [-0.05, 0) is 75.7 Å². The molecule has 1 aromatic carbocycles. The first-order valence-corrected chi connectivity index (χ1v) is 12.4. The molecular weight excluding hydrogens is 396 g/mol. The van der Waals surface area contributed by atoms with Gasteiger partial charge in [-0.1, -0.05) is 62.2 Å². The summed E-state index contributed by atoms with van der Waals surface area (Å²) in [6, 6.07) is 9.99. The van der Waals surface area contributed by atoms with Crippen LogP contribution in [0.1, 0.15) is 84.6 Å². The van der Waals surface area contributed by atoms with Gasteiger partial charge in [0.2, 0.25) is 0 Å². The number of likely N-dealkylation sites (N-methyl/N-ethyl adjacent to an activating group) is 1. The summed E-state index contributed by atoms with van der Waals surface area (Å²) in [6.45, 7) is 9.01. The third-order valence-corrected chi connectivity index (χ3v) is 6.56. The van der Waals surface area contributed by atoms with Crippen molar-refractivity contribution in [3.63, 3.8) is 0 Å². The number of hydrogen-bond acceptors (Lipinski definition) is 4. The maximum atomic E-state index is 11.4. The molecule has 2 rings (SSSR count). The molecule has 0 amide bonds. The Morgan fingerprint density at radius 3 is 2.44 bits per heavy atom. The minimum absolute atomic E-state index is 0.179. The Kier molecular flexibility index (Phi) is 14.1. The summed E-state index contributed by atoms with van der Waals surface area (Å²) in [5.41, 5.74) is 2.71. The normalized spacial score (nSPS) is 23.5. The summed E-state index contributed by atoms with van der Waals surface area (Å²) in [5, 5.41) is 1.41.